The Bertz CT molecular complexity index is 1130. The van der Waals surface area contributed by atoms with Crippen molar-refractivity contribution in [3.63, 3.8) is 0 Å². The Balaban J connectivity index is 0.00000256. The van der Waals surface area contributed by atoms with Gasteiger partial charge in [0.05, 0.1) is 41.9 Å². The number of halogens is 2. The topological polar surface area (TPSA) is 80.0 Å². The maximum absolute atomic E-state index is 12.3. The van der Waals surface area contributed by atoms with Gasteiger partial charge in [-0.15, -0.1) is 0 Å². The highest BCUT2D eigenvalue weighted by Gasteiger charge is 2.26. The van der Waals surface area contributed by atoms with Gasteiger partial charge in [0, 0.05) is 31.5 Å². The molecule has 11 heteroatoms. The molecule has 1 unspecified atom stereocenters. The molecule has 30 heavy (non-hydrogen) atoms. The molecule has 0 saturated carbocycles. The summed E-state index contributed by atoms with van der Waals surface area (Å²) in [6, 6.07) is 3.93. The van der Waals surface area contributed by atoms with Gasteiger partial charge in [-0.2, -0.15) is 5.10 Å². The predicted molar refractivity (Wildman–Crippen MR) is 132 cm³/mol. The molecule has 0 aliphatic carbocycles. The number of aromatic nitrogens is 5. The average molecular weight is 558 g/mol. The highest BCUT2D eigenvalue weighted by Crippen LogP contribution is 2.32. The third-order valence-corrected chi connectivity index (χ3v) is 7.03. The van der Waals surface area contributed by atoms with Crippen molar-refractivity contribution in [1.82, 2.24) is 24.5 Å². The van der Waals surface area contributed by atoms with E-state index in [0.717, 1.165) is 29.1 Å². The number of nitrogens with zero attached hydrogens (tertiary/aromatic N) is 7. The van der Waals surface area contributed by atoms with Gasteiger partial charge in [0.15, 0.2) is 0 Å². The normalized spacial score (nSPS) is 12.9. The van der Waals surface area contributed by atoms with E-state index in [0.29, 0.717) is 24.7 Å². The lowest BCUT2D eigenvalue weighted by atomic mass is 10.2. The number of anilines is 3. The zero-order valence-electron chi connectivity index (χ0n) is 15.8. The van der Waals surface area contributed by atoms with Crippen molar-refractivity contribution in [2.24, 2.45) is 0 Å². The summed E-state index contributed by atoms with van der Waals surface area (Å²) in [5.41, 5.74) is 4.26. The van der Waals surface area contributed by atoms with Crippen LogP contribution in [0.1, 0.15) is 31.3 Å². The Morgan fingerprint density at radius 3 is 2.83 bits per heavy atom. The van der Waals surface area contributed by atoms with Crippen molar-refractivity contribution in [1.29, 1.82) is 0 Å². The number of pyridine rings is 1. The Morgan fingerprint density at radius 1 is 1.30 bits per heavy atom. The molecule has 8 nitrogen and oxygen atoms in total. The van der Waals surface area contributed by atoms with Crippen molar-refractivity contribution in [2.75, 3.05) is 16.8 Å². The number of hydrogen-bond donors (Lipinski definition) is 0. The quantitative estimate of drug-likeness (QED) is 0.341. The first kappa shape index (κ1) is 22.8. The highest BCUT2D eigenvalue weighted by atomic mass is 127. The van der Waals surface area contributed by atoms with E-state index in [-0.39, 0.29) is 24.4 Å². The van der Waals surface area contributed by atoms with Gasteiger partial charge in [-0.3, -0.25) is 9.78 Å². The summed E-state index contributed by atoms with van der Waals surface area (Å²) in [7, 11) is 1.94. The Hall–Kier alpha value is -1.84. The van der Waals surface area contributed by atoms with Crippen LogP contribution in [0.3, 0.4) is 0 Å². The van der Waals surface area contributed by atoms with Crippen LogP contribution < -0.4 is 15.4 Å². The standard InChI is InChI=1S/C18H18ClIN7OP.CH4/c1-3-12-14(5-4-6-21-12)25(2)18-22-7-11-9-26(10-13(11)24-18)15-8-23-27(29-20)17(28)16(15)19;/h4-8,29H,3,9-10H2,1-2H3;1H4. The molecule has 1 atom stereocenters. The molecule has 0 saturated heterocycles. The summed E-state index contributed by atoms with van der Waals surface area (Å²) >= 11 is 8.43. The molecule has 0 spiro atoms. The zero-order valence-corrected chi connectivity index (χ0v) is 19.7. The molecule has 158 valence electrons. The van der Waals surface area contributed by atoms with E-state index >= 15 is 0 Å². The number of rotatable bonds is 5. The summed E-state index contributed by atoms with van der Waals surface area (Å²) in [6.45, 7) is 3.21. The van der Waals surface area contributed by atoms with Gasteiger partial charge < -0.3 is 9.80 Å². The van der Waals surface area contributed by atoms with E-state index in [1.807, 2.05) is 35.2 Å². The van der Waals surface area contributed by atoms with E-state index < -0.39 is 0 Å². The summed E-state index contributed by atoms with van der Waals surface area (Å²) in [6.07, 6.45) is 6.31. The van der Waals surface area contributed by atoms with Gasteiger partial charge in [-0.25, -0.2) is 14.4 Å². The van der Waals surface area contributed by atoms with Gasteiger partial charge in [-0.05, 0) is 40.6 Å². The second-order valence-electron chi connectivity index (χ2n) is 6.53. The minimum Gasteiger partial charge on any atom is -0.358 e. The minimum absolute atomic E-state index is 0. The van der Waals surface area contributed by atoms with Crippen molar-refractivity contribution >= 4 is 57.3 Å². The largest absolute Gasteiger partial charge is 0.358 e. The van der Waals surface area contributed by atoms with Crippen LogP contribution in [0.2, 0.25) is 5.02 Å². The van der Waals surface area contributed by atoms with Crippen LogP contribution in [-0.4, -0.2) is 31.6 Å². The molecule has 3 aromatic rings. The number of fused-ring (bicyclic) bond motifs is 1. The maximum Gasteiger partial charge on any atom is 0.291 e. The Kier molecular flexibility index (Phi) is 7.26. The van der Waals surface area contributed by atoms with E-state index in [1.54, 1.807) is 12.4 Å². The van der Waals surface area contributed by atoms with Gasteiger partial charge in [0.1, 0.15) is 5.02 Å². The molecular weight excluding hydrogens is 536 g/mol. The average Bonchev–Trinajstić information content (AvgIpc) is 3.18. The molecule has 0 fully saturated rings. The van der Waals surface area contributed by atoms with Crippen LogP contribution in [0.25, 0.3) is 0 Å². The first-order valence-corrected chi connectivity index (χ1v) is 13.4. The number of aryl methyl sites for hydroxylation is 1. The van der Waals surface area contributed by atoms with Crippen molar-refractivity contribution in [3.05, 3.63) is 63.1 Å². The summed E-state index contributed by atoms with van der Waals surface area (Å²) in [5, 5.41) is 4.39. The molecule has 4 heterocycles. The fraction of sp³-hybridized carbons (Fsp3) is 0.316. The lowest BCUT2D eigenvalue weighted by molar-refractivity contribution is 0.838. The van der Waals surface area contributed by atoms with Gasteiger partial charge >= 0.3 is 0 Å². The maximum atomic E-state index is 12.3. The van der Waals surface area contributed by atoms with E-state index in [1.165, 1.54) is 4.45 Å². The van der Waals surface area contributed by atoms with Crippen LogP contribution in [0, 0.1) is 0 Å². The molecule has 1 aliphatic heterocycles. The molecule has 0 aromatic carbocycles. The molecule has 3 aromatic heterocycles. The molecule has 0 amide bonds. The van der Waals surface area contributed by atoms with Crippen molar-refractivity contribution < 1.29 is 0 Å². The molecule has 0 radical (unpaired) electrons. The lowest BCUT2D eigenvalue weighted by Gasteiger charge is -2.20. The second-order valence-corrected chi connectivity index (χ2v) is 8.94. The van der Waals surface area contributed by atoms with Crippen LogP contribution in [0.4, 0.5) is 17.3 Å². The predicted octanol–water partition coefficient (Wildman–Crippen LogP) is 4.36. The lowest BCUT2D eigenvalue weighted by Crippen LogP contribution is -2.23. The van der Waals surface area contributed by atoms with Crippen LogP contribution in [0.5, 0.6) is 0 Å². The van der Waals surface area contributed by atoms with E-state index in [2.05, 4.69) is 44.0 Å². The number of hydrogen-bond acceptors (Lipinski definition) is 7. The summed E-state index contributed by atoms with van der Waals surface area (Å²) in [5.74, 6) is 0.610. The van der Waals surface area contributed by atoms with Crippen molar-refractivity contribution in [3.8, 4) is 0 Å². The third kappa shape index (κ3) is 4.15. The monoisotopic (exact) mass is 557 g/mol. The first-order valence-electron chi connectivity index (χ1n) is 8.95. The van der Waals surface area contributed by atoms with E-state index in [4.69, 9.17) is 16.6 Å². The van der Waals surface area contributed by atoms with Crippen LogP contribution in [-0.2, 0) is 19.5 Å². The van der Waals surface area contributed by atoms with Crippen molar-refractivity contribution in [2.45, 2.75) is 33.9 Å². The smallest absolute Gasteiger partial charge is 0.291 e. The fourth-order valence-corrected chi connectivity index (χ4v) is 4.93. The summed E-state index contributed by atoms with van der Waals surface area (Å²) in [4.78, 5) is 30.0. The fourth-order valence-electron chi connectivity index (χ4n) is 3.29. The van der Waals surface area contributed by atoms with Gasteiger partial charge in [-0.1, -0.05) is 26.0 Å². The van der Waals surface area contributed by atoms with Gasteiger partial charge in [0.2, 0.25) is 5.95 Å². The van der Waals surface area contributed by atoms with Gasteiger partial charge in [0.25, 0.3) is 5.56 Å². The molecule has 1 aliphatic rings. The molecular formula is C19H22ClIN7OP. The zero-order chi connectivity index (χ0) is 20.5. The Morgan fingerprint density at radius 2 is 2.10 bits per heavy atom. The van der Waals surface area contributed by atoms with Crippen LogP contribution in [0.15, 0.2) is 35.5 Å². The molecule has 0 N–H and O–H groups in total. The highest BCUT2D eigenvalue weighted by molar-refractivity contribution is 14.2. The van der Waals surface area contributed by atoms with E-state index in [9.17, 15) is 4.79 Å². The summed E-state index contributed by atoms with van der Waals surface area (Å²) < 4.78 is 1.36. The minimum atomic E-state index is -0.275. The SMILES string of the molecule is C.CCc1ncccc1N(C)c1ncc2c(n1)CN(c1cnn(PI)c(=O)c1Cl)C2. The first-order chi connectivity index (χ1) is 14.0. The Labute approximate surface area is 195 Å². The second kappa shape index (κ2) is 9.53. The molecule has 4 rings (SSSR count). The third-order valence-electron chi connectivity index (χ3n) is 4.83. The molecule has 0 bridgehead atoms. The van der Waals surface area contributed by atoms with Crippen LogP contribution >= 0.6 is 40.0 Å².